The Hall–Kier alpha value is -1.78. The molecule has 1 fully saturated rings. The quantitative estimate of drug-likeness (QED) is 0.794. The van der Waals surface area contributed by atoms with Crippen molar-refractivity contribution < 1.29 is 18.3 Å². The van der Waals surface area contributed by atoms with E-state index in [1.165, 1.54) is 20.2 Å². The lowest BCUT2D eigenvalue weighted by atomic mass is 9.77. The summed E-state index contributed by atoms with van der Waals surface area (Å²) in [6.07, 6.45) is 1.68. The molecule has 0 saturated heterocycles. The van der Waals surface area contributed by atoms with Gasteiger partial charge in [-0.05, 0) is 37.8 Å². The lowest BCUT2D eigenvalue weighted by Crippen LogP contribution is -2.31. The summed E-state index contributed by atoms with van der Waals surface area (Å²) in [7, 11) is 1.48. The highest BCUT2D eigenvalue weighted by Gasteiger charge is 2.44. The number of aromatic nitrogens is 1. The zero-order chi connectivity index (χ0) is 15.6. The number of hydrogen-bond acceptors (Lipinski definition) is 3. The molecule has 2 rings (SSSR count). The molecule has 1 atom stereocenters. The number of Topliss-reactive ketones (excluding diaryl/α,β-unsaturated/α-hetero) is 1. The average molecular weight is 295 g/mol. The molecule has 0 aliphatic heterocycles. The van der Waals surface area contributed by atoms with Crippen molar-refractivity contribution in [3.63, 3.8) is 0 Å². The summed E-state index contributed by atoms with van der Waals surface area (Å²) in [4.78, 5) is 15.5. The van der Waals surface area contributed by atoms with Crippen LogP contribution < -0.4 is 4.74 Å². The summed E-state index contributed by atoms with van der Waals surface area (Å²) in [5, 5.41) is 0. The van der Waals surface area contributed by atoms with E-state index in [1.54, 1.807) is 19.1 Å². The fraction of sp³-hybridized carbons (Fsp3) is 0.500. The van der Waals surface area contributed by atoms with Gasteiger partial charge in [0.05, 0.1) is 13.0 Å². The van der Waals surface area contributed by atoms with Crippen molar-refractivity contribution in [2.75, 3.05) is 7.11 Å². The topological polar surface area (TPSA) is 39.2 Å². The molecule has 0 aromatic carbocycles. The Morgan fingerprint density at radius 1 is 1.38 bits per heavy atom. The van der Waals surface area contributed by atoms with Crippen molar-refractivity contribution in [3.05, 3.63) is 35.0 Å². The molecule has 0 N–H and O–H groups in total. The summed E-state index contributed by atoms with van der Waals surface area (Å²) in [6, 6.07) is 3.21. The van der Waals surface area contributed by atoms with Crippen molar-refractivity contribution in [2.45, 2.75) is 45.0 Å². The summed E-state index contributed by atoms with van der Waals surface area (Å²) in [5.41, 5.74) is 1.92. The van der Waals surface area contributed by atoms with E-state index in [0.717, 1.165) is 5.57 Å². The van der Waals surface area contributed by atoms with Gasteiger partial charge in [0.2, 0.25) is 5.88 Å². The van der Waals surface area contributed by atoms with Gasteiger partial charge in [0.15, 0.2) is 5.78 Å². The van der Waals surface area contributed by atoms with Crippen LogP contribution in [-0.4, -0.2) is 23.8 Å². The number of halogens is 2. The molecule has 1 saturated carbocycles. The van der Waals surface area contributed by atoms with E-state index in [2.05, 4.69) is 4.98 Å². The first-order chi connectivity index (χ1) is 9.85. The molecule has 3 nitrogen and oxygen atoms in total. The number of carbonyl (C=O) groups excluding carboxylic acids is 1. The van der Waals surface area contributed by atoms with Crippen LogP contribution in [0.1, 0.15) is 44.6 Å². The Bertz CT molecular complexity index is 564. The van der Waals surface area contributed by atoms with Gasteiger partial charge in [-0.1, -0.05) is 11.6 Å². The third kappa shape index (κ3) is 3.28. The SMILES string of the molecule is COc1ccc([C@H]2C/C(=C(\C)C(C)=O)CCC2(F)F)cn1. The summed E-state index contributed by atoms with van der Waals surface area (Å²) < 4.78 is 33.4. The molecule has 1 aromatic heterocycles. The number of alkyl halides is 2. The first kappa shape index (κ1) is 15.6. The Morgan fingerprint density at radius 3 is 2.62 bits per heavy atom. The van der Waals surface area contributed by atoms with E-state index in [1.807, 2.05) is 0 Å². The molecule has 0 amide bonds. The second-order valence-corrected chi connectivity index (χ2v) is 5.44. The highest BCUT2D eigenvalue weighted by molar-refractivity contribution is 5.93. The Kier molecular flexibility index (Phi) is 4.40. The van der Waals surface area contributed by atoms with Crippen molar-refractivity contribution in [1.82, 2.24) is 4.98 Å². The molecular weight excluding hydrogens is 276 g/mol. The monoisotopic (exact) mass is 295 g/mol. The second-order valence-electron chi connectivity index (χ2n) is 5.44. The van der Waals surface area contributed by atoms with Crippen molar-refractivity contribution in [2.24, 2.45) is 0 Å². The van der Waals surface area contributed by atoms with Crippen LogP contribution in [0.4, 0.5) is 8.78 Å². The van der Waals surface area contributed by atoms with Gasteiger partial charge in [0.1, 0.15) is 0 Å². The zero-order valence-electron chi connectivity index (χ0n) is 12.5. The van der Waals surface area contributed by atoms with Gasteiger partial charge in [0, 0.05) is 18.7 Å². The predicted octanol–water partition coefficient (Wildman–Crippen LogP) is 3.90. The normalized spacial score (nSPS) is 23.6. The zero-order valence-corrected chi connectivity index (χ0v) is 12.5. The van der Waals surface area contributed by atoms with Crippen molar-refractivity contribution in [1.29, 1.82) is 0 Å². The van der Waals surface area contributed by atoms with E-state index >= 15 is 0 Å². The Morgan fingerprint density at radius 2 is 2.10 bits per heavy atom. The first-order valence-corrected chi connectivity index (χ1v) is 6.92. The molecule has 5 heteroatoms. The van der Waals surface area contributed by atoms with Crippen LogP contribution in [0.2, 0.25) is 0 Å². The molecule has 0 bridgehead atoms. The lowest BCUT2D eigenvalue weighted by molar-refractivity contribution is -0.113. The molecular formula is C16H19F2NO2. The van der Waals surface area contributed by atoms with Crippen LogP contribution in [0.15, 0.2) is 29.5 Å². The van der Waals surface area contributed by atoms with Crippen LogP contribution in [0.3, 0.4) is 0 Å². The third-order valence-electron chi connectivity index (χ3n) is 4.15. The summed E-state index contributed by atoms with van der Waals surface area (Å²) in [6.45, 7) is 3.18. The number of pyridine rings is 1. The van der Waals surface area contributed by atoms with Crippen LogP contribution in [0.25, 0.3) is 0 Å². The molecule has 0 radical (unpaired) electrons. The van der Waals surface area contributed by atoms with Gasteiger partial charge < -0.3 is 4.74 Å². The fourth-order valence-corrected chi connectivity index (χ4v) is 2.66. The standard InChI is InChI=1S/C16H19F2NO2/c1-10(11(2)20)12-6-7-16(17,18)14(8-12)13-4-5-15(21-3)19-9-13/h4-5,9,14H,6-8H2,1-3H3/b12-10+/t14-/m1/s1. The summed E-state index contributed by atoms with van der Waals surface area (Å²) >= 11 is 0. The Balaban J connectivity index is 2.33. The number of ether oxygens (including phenoxy) is 1. The molecule has 1 aliphatic carbocycles. The van der Waals surface area contributed by atoms with Crippen LogP contribution >= 0.6 is 0 Å². The smallest absolute Gasteiger partial charge is 0.255 e. The van der Waals surface area contributed by atoms with Gasteiger partial charge >= 0.3 is 0 Å². The molecule has 1 heterocycles. The number of methoxy groups -OCH3 is 1. The minimum absolute atomic E-state index is 0.0539. The number of allylic oxidation sites excluding steroid dienone is 2. The highest BCUT2D eigenvalue weighted by Crippen LogP contribution is 2.47. The molecule has 1 aromatic rings. The third-order valence-corrected chi connectivity index (χ3v) is 4.15. The Labute approximate surface area is 123 Å². The van der Waals surface area contributed by atoms with Crippen LogP contribution in [0.5, 0.6) is 5.88 Å². The largest absolute Gasteiger partial charge is 0.481 e. The van der Waals surface area contributed by atoms with Crippen molar-refractivity contribution in [3.8, 4) is 5.88 Å². The number of carbonyl (C=O) groups is 1. The minimum atomic E-state index is -2.78. The highest BCUT2D eigenvalue weighted by atomic mass is 19.3. The van der Waals surface area contributed by atoms with E-state index < -0.39 is 11.8 Å². The average Bonchev–Trinajstić information content (AvgIpc) is 2.46. The van der Waals surface area contributed by atoms with Crippen LogP contribution in [-0.2, 0) is 4.79 Å². The first-order valence-electron chi connectivity index (χ1n) is 6.92. The maximum Gasteiger partial charge on any atom is 0.255 e. The van der Waals surface area contributed by atoms with Gasteiger partial charge in [-0.15, -0.1) is 0 Å². The van der Waals surface area contributed by atoms with Gasteiger partial charge in [-0.2, -0.15) is 0 Å². The van der Waals surface area contributed by atoms with E-state index in [9.17, 15) is 13.6 Å². The number of hydrogen-bond donors (Lipinski definition) is 0. The number of rotatable bonds is 3. The number of ketones is 1. The maximum atomic E-state index is 14.2. The molecule has 0 unspecified atom stereocenters. The maximum absolute atomic E-state index is 14.2. The second kappa shape index (κ2) is 5.92. The van der Waals surface area contributed by atoms with Crippen molar-refractivity contribution >= 4 is 5.78 Å². The molecule has 114 valence electrons. The molecule has 21 heavy (non-hydrogen) atoms. The van der Waals surface area contributed by atoms with Gasteiger partial charge in [0.25, 0.3) is 5.92 Å². The minimum Gasteiger partial charge on any atom is -0.481 e. The fourth-order valence-electron chi connectivity index (χ4n) is 2.66. The van der Waals surface area contributed by atoms with Gasteiger partial charge in [-0.25, -0.2) is 13.8 Å². The molecule has 1 aliphatic rings. The molecule has 0 spiro atoms. The van der Waals surface area contributed by atoms with E-state index in [0.29, 0.717) is 17.0 Å². The van der Waals surface area contributed by atoms with Gasteiger partial charge in [-0.3, -0.25) is 4.79 Å². The van der Waals surface area contributed by atoms with E-state index in [-0.39, 0.29) is 25.0 Å². The lowest BCUT2D eigenvalue weighted by Gasteiger charge is -2.33. The predicted molar refractivity (Wildman–Crippen MR) is 75.7 cm³/mol. The van der Waals surface area contributed by atoms with E-state index in [4.69, 9.17) is 4.74 Å². The summed E-state index contributed by atoms with van der Waals surface area (Å²) in [5.74, 6) is -3.37. The number of nitrogens with zero attached hydrogens (tertiary/aromatic N) is 1. The van der Waals surface area contributed by atoms with Crippen LogP contribution in [0, 0.1) is 0 Å².